The van der Waals surface area contributed by atoms with Crippen molar-refractivity contribution in [3.63, 3.8) is 0 Å². The second-order valence-electron chi connectivity index (χ2n) is 7.28. The predicted molar refractivity (Wildman–Crippen MR) is 99.5 cm³/mol. The maximum Gasteiger partial charge on any atom is 0.229 e. The zero-order chi connectivity index (χ0) is 19.5. The Morgan fingerprint density at radius 1 is 1.22 bits per heavy atom. The van der Waals surface area contributed by atoms with E-state index in [4.69, 9.17) is 10.5 Å². The lowest BCUT2D eigenvalue weighted by atomic mass is 9.85. The molecule has 2 fully saturated rings. The summed E-state index contributed by atoms with van der Waals surface area (Å²) in [5.41, 5.74) is 5.34. The number of nitrogens with two attached hydrogens (primary N) is 1. The second kappa shape index (κ2) is 7.98. The summed E-state index contributed by atoms with van der Waals surface area (Å²) in [4.78, 5) is 14.3. The van der Waals surface area contributed by atoms with E-state index < -0.39 is 9.84 Å². The lowest BCUT2D eigenvalue weighted by molar-refractivity contribution is -0.135. The van der Waals surface area contributed by atoms with Crippen molar-refractivity contribution in [1.82, 2.24) is 4.90 Å². The van der Waals surface area contributed by atoms with Crippen LogP contribution < -0.4 is 10.5 Å². The third kappa shape index (κ3) is 4.16. The maximum absolute atomic E-state index is 12.7. The van der Waals surface area contributed by atoms with E-state index in [-0.39, 0.29) is 35.2 Å². The lowest BCUT2D eigenvalue weighted by Gasteiger charge is -2.22. The van der Waals surface area contributed by atoms with Crippen LogP contribution >= 0.6 is 0 Å². The summed E-state index contributed by atoms with van der Waals surface area (Å²) >= 11 is 0. The number of rotatable bonds is 7. The molecule has 2 N–H and O–H groups in total. The molecule has 1 aliphatic carbocycles. The van der Waals surface area contributed by atoms with Crippen LogP contribution in [0.3, 0.4) is 0 Å². The van der Waals surface area contributed by atoms with Crippen LogP contribution in [0.15, 0.2) is 41.1 Å². The number of carbonyl (C=O) groups is 1. The molecule has 0 atom stereocenters. The predicted octanol–water partition coefficient (Wildman–Crippen LogP) is 2.40. The molecule has 0 unspecified atom stereocenters. The van der Waals surface area contributed by atoms with Crippen molar-refractivity contribution >= 4 is 15.7 Å². The van der Waals surface area contributed by atoms with E-state index >= 15 is 0 Å². The fraction of sp³-hybridized carbons (Fsp3) is 0.526. The third-order valence-electron chi connectivity index (χ3n) is 5.51. The maximum atomic E-state index is 12.7. The quantitative estimate of drug-likeness (QED) is 0.764. The van der Waals surface area contributed by atoms with E-state index in [0.29, 0.717) is 24.2 Å². The highest BCUT2D eigenvalue weighted by Crippen LogP contribution is 2.46. The normalized spacial score (nSPS) is 19.9. The largest absolute Gasteiger partial charge is 0.489 e. The number of benzene rings is 1. The summed E-state index contributed by atoms with van der Waals surface area (Å²) < 4.78 is 43.3. The van der Waals surface area contributed by atoms with Crippen LogP contribution in [0.5, 0.6) is 5.75 Å². The van der Waals surface area contributed by atoms with Crippen LogP contribution in [-0.4, -0.2) is 44.8 Å². The number of sulfone groups is 1. The molecule has 27 heavy (non-hydrogen) atoms. The first kappa shape index (κ1) is 19.8. The molecule has 1 saturated carbocycles. The minimum atomic E-state index is -3.62. The van der Waals surface area contributed by atoms with Gasteiger partial charge < -0.3 is 15.4 Å². The minimum Gasteiger partial charge on any atom is -0.489 e. The van der Waals surface area contributed by atoms with Gasteiger partial charge in [-0.25, -0.2) is 12.8 Å². The van der Waals surface area contributed by atoms with Gasteiger partial charge in [0, 0.05) is 18.7 Å². The van der Waals surface area contributed by atoms with E-state index in [2.05, 4.69) is 0 Å². The molecule has 0 radical (unpaired) electrons. The molecule has 3 rings (SSSR count). The van der Waals surface area contributed by atoms with Crippen LogP contribution in [0.2, 0.25) is 0 Å². The van der Waals surface area contributed by atoms with E-state index in [1.54, 1.807) is 0 Å². The van der Waals surface area contributed by atoms with Crippen LogP contribution in [0.1, 0.15) is 32.1 Å². The van der Waals surface area contributed by atoms with E-state index in [1.807, 2.05) is 0 Å². The van der Waals surface area contributed by atoms with Gasteiger partial charge in [0.25, 0.3) is 0 Å². The molecule has 8 heteroatoms. The number of ether oxygens (including phenoxy) is 1. The van der Waals surface area contributed by atoms with Crippen LogP contribution in [-0.2, 0) is 14.6 Å². The van der Waals surface area contributed by atoms with Gasteiger partial charge in [-0.3, -0.25) is 4.79 Å². The zero-order valence-corrected chi connectivity index (χ0v) is 16.0. The highest BCUT2D eigenvalue weighted by atomic mass is 32.2. The summed E-state index contributed by atoms with van der Waals surface area (Å²) in [6.07, 6.45) is 4.97. The monoisotopic (exact) mass is 396 g/mol. The fourth-order valence-corrected chi connectivity index (χ4v) is 5.22. The van der Waals surface area contributed by atoms with Crippen molar-refractivity contribution in [3.8, 4) is 5.75 Å². The average molecular weight is 396 g/mol. The number of hydrogen-bond donors (Lipinski definition) is 1. The number of hydrogen-bond acceptors (Lipinski definition) is 5. The minimum absolute atomic E-state index is 0.00343. The molecule has 1 heterocycles. The Labute approximate surface area is 159 Å². The Balaban J connectivity index is 1.64. The first-order valence-electron chi connectivity index (χ1n) is 9.13. The molecule has 6 nitrogen and oxygen atoms in total. The summed E-state index contributed by atoms with van der Waals surface area (Å²) in [5.74, 6) is 0.107. The molecule has 1 amide bonds. The molecule has 1 saturated heterocycles. The van der Waals surface area contributed by atoms with Gasteiger partial charge in [0.05, 0.1) is 16.6 Å². The Morgan fingerprint density at radius 3 is 2.48 bits per heavy atom. The van der Waals surface area contributed by atoms with Crippen LogP contribution in [0.4, 0.5) is 4.39 Å². The highest BCUT2D eigenvalue weighted by molar-refractivity contribution is 7.91. The number of halogens is 1. The second-order valence-corrected chi connectivity index (χ2v) is 9.24. The van der Waals surface area contributed by atoms with Crippen molar-refractivity contribution in [2.24, 2.45) is 11.1 Å². The Kier molecular flexibility index (Phi) is 5.86. The molecular weight excluding hydrogens is 371 g/mol. The van der Waals surface area contributed by atoms with Crippen LogP contribution in [0, 0.1) is 5.41 Å². The molecule has 1 spiro atoms. The molecular formula is C19H25FN2O4S. The molecule has 1 aromatic carbocycles. The van der Waals surface area contributed by atoms with Gasteiger partial charge in [-0.2, -0.15) is 0 Å². The van der Waals surface area contributed by atoms with E-state index in [9.17, 15) is 17.6 Å². The Morgan fingerprint density at radius 2 is 1.89 bits per heavy atom. The molecule has 0 aromatic heterocycles. The molecule has 148 valence electrons. The first-order chi connectivity index (χ1) is 12.9. The van der Waals surface area contributed by atoms with E-state index in [0.717, 1.165) is 32.1 Å². The van der Waals surface area contributed by atoms with Crippen LogP contribution in [0.25, 0.3) is 0 Å². The summed E-state index contributed by atoms with van der Waals surface area (Å²) in [6.45, 7) is 0.550. The first-order valence-corrected chi connectivity index (χ1v) is 10.8. The van der Waals surface area contributed by atoms with Gasteiger partial charge in [-0.15, -0.1) is 0 Å². The number of likely N-dealkylation sites (tertiary alicyclic amines) is 1. The number of carbonyl (C=O) groups excluding carboxylic acids is 1. The standard InChI is InChI=1S/C19H25FN2O4S/c20-11-15(12-21)13-26-16-3-5-17(6-4-16)27(24,25)14-22-10-9-19(18(22)23)7-1-2-8-19/h3-6,11H,1-2,7-10,12-14,21H2/b15-11+. The summed E-state index contributed by atoms with van der Waals surface area (Å²) in [6, 6.07) is 5.92. The Hall–Kier alpha value is -1.93. The van der Waals surface area contributed by atoms with Gasteiger partial charge in [0.15, 0.2) is 9.84 Å². The fourth-order valence-electron chi connectivity index (χ4n) is 3.87. The van der Waals surface area contributed by atoms with Gasteiger partial charge in [0.1, 0.15) is 18.2 Å². The highest BCUT2D eigenvalue weighted by Gasteiger charge is 2.48. The van der Waals surface area contributed by atoms with Crippen molar-refractivity contribution in [1.29, 1.82) is 0 Å². The molecule has 1 aromatic rings. The SMILES string of the molecule is NC/C(=C\F)COc1ccc(S(=O)(=O)CN2CCC3(CCCC3)C2=O)cc1. The van der Waals surface area contributed by atoms with E-state index in [1.165, 1.54) is 29.2 Å². The Bertz CT molecular complexity index is 815. The van der Waals surface area contributed by atoms with Crippen molar-refractivity contribution in [2.75, 3.05) is 25.6 Å². The van der Waals surface area contributed by atoms with Gasteiger partial charge in [0.2, 0.25) is 5.91 Å². The van der Waals surface area contributed by atoms with Crippen molar-refractivity contribution in [3.05, 3.63) is 36.2 Å². The smallest absolute Gasteiger partial charge is 0.229 e. The molecule has 2 aliphatic rings. The topological polar surface area (TPSA) is 89.7 Å². The molecule has 0 bridgehead atoms. The summed E-state index contributed by atoms with van der Waals surface area (Å²) in [7, 11) is -3.62. The van der Waals surface area contributed by atoms with Gasteiger partial charge >= 0.3 is 0 Å². The lowest BCUT2D eigenvalue weighted by Crippen LogP contribution is -2.36. The van der Waals surface area contributed by atoms with Crippen molar-refractivity contribution < 1.29 is 22.3 Å². The molecule has 1 aliphatic heterocycles. The summed E-state index contributed by atoms with van der Waals surface area (Å²) in [5, 5.41) is 0. The number of nitrogens with zero attached hydrogens (tertiary/aromatic N) is 1. The van der Waals surface area contributed by atoms with Gasteiger partial charge in [-0.05, 0) is 43.5 Å². The van der Waals surface area contributed by atoms with Gasteiger partial charge in [-0.1, -0.05) is 12.8 Å². The zero-order valence-electron chi connectivity index (χ0n) is 15.2. The van der Waals surface area contributed by atoms with Crippen molar-refractivity contribution in [2.45, 2.75) is 37.0 Å². The number of amides is 1. The average Bonchev–Trinajstić information content (AvgIpc) is 3.26. The third-order valence-corrected chi connectivity index (χ3v) is 7.15.